The van der Waals surface area contributed by atoms with Gasteiger partial charge in [-0.25, -0.2) is 4.79 Å². The van der Waals surface area contributed by atoms with Gasteiger partial charge in [-0.3, -0.25) is 4.79 Å². The molecule has 0 spiro atoms. The number of carboxylic acids is 1. The number of hydrogen-bond donors (Lipinski definition) is 2. The Hall–Kier alpha value is -2.50. The molecule has 1 amide bonds. The summed E-state index contributed by atoms with van der Waals surface area (Å²) in [6.45, 7) is 2.62. The topological polar surface area (TPSA) is 84.9 Å². The molecule has 1 aromatic carbocycles. The van der Waals surface area contributed by atoms with Crippen molar-refractivity contribution in [1.29, 1.82) is 0 Å². The van der Waals surface area contributed by atoms with Crippen molar-refractivity contribution in [1.82, 2.24) is 5.32 Å². The van der Waals surface area contributed by atoms with Crippen LogP contribution in [-0.4, -0.2) is 37.2 Å². The molecule has 6 heteroatoms. The average molecular weight is 293 g/mol. The first kappa shape index (κ1) is 16.6. The summed E-state index contributed by atoms with van der Waals surface area (Å²) in [7, 11) is 1.53. The summed E-state index contributed by atoms with van der Waals surface area (Å²) < 4.78 is 10.6. The van der Waals surface area contributed by atoms with Crippen LogP contribution >= 0.6 is 0 Å². The van der Waals surface area contributed by atoms with Crippen LogP contribution in [0.5, 0.6) is 11.5 Å². The second-order valence-corrected chi connectivity index (χ2v) is 4.13. The Bertz CT molecular complexity index is 525. The number of hydrogen-bond acceptors (Lipinski definition) is 4. The standard InChI is InChI=1S/C15H19NO5/c1-3-16-14(17)8-9-21-13-10-12(20-2)6-4-11(13)5-7-15(18)19/h4-7,10H,3,8-9H2,1-2H3,(H,16,17)(H,18,19). The van der Waals surface area contributed by atoms with Crippen LogP contribution < -0.4 is 14.8 Å². The van der Waals surface area contributed by atoms with Crippen LogP contribution in [0.25, 0.3) is 6.08 Å². The molecule has 0 fully saturated rings. The minimum absolute atomic E-state index is 0.0944. The lowest BCUT2D eigenvalue weighted by atomic mass is 10.1. The zero-order chi connectivity index (χ0) is 15.7. The molecule has 0 heterocycles. The van der Waals surface area contributed by atoms with Crippen molar-refractivity contribution in [3.8, 4) is 11.5 Å². The molecule has 114 valence electrons. The van der Waals surface area contributed by atoms with E-state index in [2.05, 4.69) is 5.32 Å². The fraction of sp³-hybridized carbons (Fsp3) is 0.333. The minimum atomic E-state index is -1.04. The van der Waals surface area contributed by atoms with Crippen molar-refractivity contribution < 1.29 is 24.2 Å². The van der Waals surface area contributed by atoms with Gasteiger partial charge >= 0.3 is 5.97 Å². The number of benzene rings is 1. The first-order chi connectivity index (χ1) is 10.1. The van der Waals surface area contributed by atoms with Gasteiger partial charge in [-0.15, -0.1) is 0 Å². The van der Waals surface area contributed by atoms with Crippen molar-refractivity contribution >= 4 is 18.0 Å². The lowest BCUT2D eigenvalue weighted by Gasteiger charge is -2.11. The molecular formula is C15H19NO5. The number of ether oxygens (including phenoxy) is 2. The van der Waals surface area contributed by atoms with E-state index in [1.54, 1.807) is 18.2 Å². The molecule has 0 radical (unpaired) electrons. The highest BCUT2D eigenvalue weighted by Crippen LogP contribution is 2.26. The van der Waals surface area contributed by atoms with Crippen molar-refractivity contribution in [3.63, 3.8) is 0 Å². The fourth-order valence-corrected chi connectivity index (χ4v) is 1.60. The number of methoxy groups -OCH3 is 1. The molecule has 0 aliphatic carbocycles. The zero-order valence-electron chi connectivity index (χ0n) is 12.1. The average Bonchev–Trinajstić information content (AvgIpc) is 2.45. The van der Waals surface area contributed by atoms with E-state index in [1.165, 1.54) is 13.2 Å². The third kappa shape index (κ3) is 5.99. The minimum Gasteiger partial charge on any atom is -0.497 e. The van der Waals surface area contributed by atoms with Crippen LogP contribution in [0.4, 0.5) is 0 Å². The number of carbonyl (C=O) groups excluding carboxylic acids is 1. The Morgan fingerprint density at radius 1 is 1.38 bits per heavy atom. The summed E-state index contributed by atoms with van der Waals surface area (Å²) in [6, 6.07) is 5.05. The maximum absolute atomic E-state index is 11.3. The second kappa shape index (κ2) is 8.63. The molecule has 0 aliphatic rings. The number of rotatable bonds is 8. The van der Waals surface area contributed by atoms with Gasteiger partial charge in [0.2, 0.25) is 5.91 Å². The van der Waals surface area contributed by atoms with Crippen LogP contribution in [0.2, 0.25) is 0 Å². The highest BCUT2D eigenvalue weighted by Gasteiger charge is 2.06. The first-order valence-corrected chi connectivity index (χ1v) is 6.55. The van der Waals surface area contributed by atoms with E-state index in [9.17, 15) is 9.59 Å². The molecule has 0 aliphatic heterocycles. The van der Waals surface area contributed by atoms with Gasteiger partial charge in [0.1, 0.15) is 11.5 Å². The summed E-state index contributed by atoms with van der Waals surface area (Å²) in [6.07, 6.45) is 2.69. The first-order valence-electron chi connectivity index (χ1n) is 6.55. The second-order valence-electron chi connectivity index (χ2n) is 4.13. The fourth-order valence-electron chi connectivity index (χ4n) is 1.60. The van der Waals surface area contributed by atoms with E-state index in [0.29, 0.717) is 23.6 Å². The quantitative estimate of drug-likeness (QED) is 0.713. The number of carboxylic acid groups (broad SMARTS) is 1. The maximum Gasteiger partial charge on any atom is 0.328 e. The molecule has 1 rings (SSSR count). The Morgan fingerprint density at radius 3 is 2.76 bits per heavy atom. The van der Waals surface area contributed by atoms with E-state index in [-0.39, 0.29) is 18.9 Å². The molecule has 2 N–H and O–H groups in total. The van der Waals surface area contributed by atoms with E-state index < -0.39 is 5.97 Å². The summed E-state index contributed by atoms with van der Waals surface area (Å²) >= 11 is 0. The van der Waals surface area contributed by atoms with E-state index in [1.807, 2.05) is 6.92 Å². The molecule has 0 atom stereocenters. The van der Waals surface area contributed by atoms with Gasteiger partial charge in [0.15, 0.2) is 0 Å². The van der Waals surface area contributed by atoms with Crippen LogP contribution in [-0.2, 0) is 9.59 Å². The largest absolute Gasteiger partial charge is 0.497 e. The van der Waals surface area contributed by atoms with Crippen molar-refractivity contribution in [2.45, 2.75) is 13.3 Å². The Balaban J connectivity index is 2.76. The van der Waals surface area contributed by atoms with E-state index >= 15 is 0 Å². The van der Waals surface area contributed by atoms with Crippen LogP contribution in [0, 0.1) is 0 Å². The summed E-state index contributed by atoms with van der Waals surface area (Å²) in [5.41, 5.74) is 0.606. The van der Waals surface area contributed by atoms with Crippen molar-refractivity contribution in [2.75, 3.05) is 20.3 Å². The number of carbonyl (C=O) groups is 2. The third-order valence-corrected chi connectivity index (χ3v) is 2.59. The molecule has 0 saturated heterocycles. The Labute approximate surface area is 123 Å². The predicted molar refractivity (Wildman–Crippen MR) is 78.5 cm³/mol. The molecule has 0 saturated carbocycles. The third-order valence-electron chi connectivity index (χ3n) is 2.59. The van der Waals surface area contributed by atoms with Crippen LogP contribution in [0.1, 0.15) is 18.9 Å². The monoisotopic (exact) mass is 293 g/mol. The van der Waals surface area contributed by atoms with Crippen LogP contribution in [0.15, 0.2) is 24.3 Å². The highest BCUT2D eigenvalue weighted by atomic mass is 16.5. The molecule has 1 aromatic rings. The predicted octanol–water partition coefficient (Wildman–Crippen LogP) is 1.70. The lowest BCUT2D eigenvalue weighted by molar-refractivity contribution is -0.131. The van der Waals surface area contributed by atoms with E-state index in [4.69, 9.17) is 14.6 Å². The van der Waals surface area contributed by atoms with Gasteiger partial charge in [0, 0.05) is 24.3 Å². The van der Waals surface area contributed by atoms with Crippen molar-refractivity contribution in [2.24, 2.45) is 0 Å². The molecule has 21 heavy (non-hydrogen) atoms. The molecular weight excluding hydrogens is 274 g/mol. The molecule has 6 nitrogen and oxygen atoms in total. The Kier molecular flexibility index (Phi) is 6.80. The van der Waals surface area contributed by atoms with Gasteiger partial charge < -0.3 is 19.9 Å². The van der Waals surface area contributed by atoms with Gasteiger partial charge in [0.05, 0.1) is 20.1 Å². The summed E-state index contributed by atoms with van der Waals surface area (Å²) in [5.74, 6) is -0.0752. The maximum atomic E-state index is 11.3. The lowest BCUT2D eigenvalue weighted by Crippen LogP contribution is -2.24. The Morgan fingerprint density at radius 2 is 2.14 bits per heavy atom. The van der Waals surface area contributed by atoms with Gasteiger partial charge in [-0.05, 0) is 25.1 Å². The molecule has 0 aromatic heterocycles. The van der Waals surface area contributed by atoms with Gasteiger partial charge in [0.25, 0.3) is 0 Å². The van der Waals surface area contributed by atoms with Gasteiger partial charge in [-0.2, -0.15) is 0 Å². The summed E-state index contributed by atoms with van der Waals surface area (Å²) in [4.78, 5) is 21.9. The van der Waals surface area contributed by atoms with E-state index in [0.717, 1.165) is 6.08 Å². The molecule has 0 unspecified atom stereocenters. The SMILES string of the molecule is CCNC(=O)CCOc1cc(OC)ccc1C=CC(=O)O. The number of aliphatic carboxylic acids is 1. The number of nitrogens with one attached hydrogen (secondary N) is 1. The normalized spacial score (nSPS) is 10.4. The zero-order valence-corrected chi connectivity index (χ0v) is 12.1. The van der Waals surface area contributed by atoms with Gasteiger partial charge in [-0.1, -0.05) is 0 Å². The molecule has 0 bridgehead atoms. The highest BCUT2D eigenvalue weighted by molar-refractivity contribution is 5.86. The smallest absolute Gasteiger partial charge is 0.328 e. The number of amides is 1. The van der Waals surface area contributed by atoms with Crippen LogP contribution in [0.3, 0.4) is 0 Å². The summed E-state index contributed by atoms with van der Waals surface area (Å²) in [5, 5.41) is 11.3. The van der Waals surface area contributed by atoms with Crippen molar-refractivity contribution in [3.05, 3.63) is 29.8 Å².